The highest BCUT2D eigenvalue weighted by Crippen LogP contribution is 2.12. The van der Waals surface area contributed by atoms with Gasteiger partial charge in [0.15, 0.2) is 0 Å². The van der Waals surface area contributed by atoms with Crippen molar-refractivity contribution in [2.45, 2.75) is 54.0 Å². The first-order chi connectivity index (χ1) is 5.49. The van der Waals surface area contributed by atoms with Gasteiger partial charge in [0.2, 0.25) is 0 Å². The average Bonchev–Trinajstić information content (AvgIpc) is 2.02. The fraction of sp³-hybridized carbons (Fsp3) is 0.909. The lowest BCUT2D eigenvalue weighted by Gasteiger charge is -2.16. The van der Waals surface area contributed by atoms with Crippen molar-refractivity contribution in [2.24, 2.45) is 16.8 Å². The Morgan fingerprint density at radius 2 is 1.67 bits per heavy atom. The first kappa shape index (κ1) is 11.7. The number of hydrogen-bond acceptors (Lipinski definition) is 1. The molecule has 0 aromatic rings. The minimum atomic E-state index is 0.484. The first-order valence-corrected chi connectivity index (χ1v) is 5.03. The second-order valence-corrected chi connectivity index (χ2v) is 4.05. The van der Waals surface area contributed by atoms with E-state index in [4.69, 9.17) is 0 Å². The molecule has 0 aliphatic carbocycles. The molecule has 0 aliphatic rings. The third-order valence-corrected chi connectivity index (χ3v) is 2.71. The fourth-order valence-electron chi connectivity index (χ4n) is 0.939. The molecule has 1 heteroatoms. The Balaban J connectivity index is 4.13. The van der Waals surface area contributed by atoms with Crippen molar-refractivity contribution >= 4 is 5.71 Å². The highest BCUT2D eigenvalue weighted by atomic mass is 14.8. The van der Waals surface area contributed by atoms with Gasteiger partial charge in [0, 0.05) is 11.8 Å². The molecular weight excluding hydrogens is 146 g/mol. The summed E-state index contributed by atoms with van der Waals surface area (Å²) >= 11 is 0. The molecule has 0 N–H and O–H groups in total. The number of hydrogen-bond donors (Lipinski definition) is 0. The van der Waals surface area contributed by atoms with Crippen LogP contribution < -0.4 is 0 Å². The van der Waals surface area contributed by atoms with E-state index in [1.54, 1.807) is 0 Å². The molecule has 12 heavy (non-hydrogen) atoms. The molecule has 0 bridgehead atoms. The Kier molecular flexibility index (Phi) is 5.19. The van der Waals surface area contributed by atoms with Crippen molar-refractivity contribution in [3.63, 3.8) is 0 Å². The molecule has 0 amide bonds. The molecule has 0 rings (SSSR count). The predicted molar refractivity (Wildman–Crippen MR) is 56.9 cm³/mol. The summed E-state index contributed by atoms with van der Waals surface area (Å²) in [7, 11) is 0. The summed E-state index contributed by atoms with van der Waals surface area (Å²) in [6, 6.07) is 0.484. The Morgan fingerprint density at radius 1 is 1.17 bits per heavy atom. The van der Waals surface area contributed by atoms with Crippen LogP contribution in [0.3, 0.4) is 0 Å². The van der Waals surface area contributed by atoms with Gasteiger partial charge in [0.05, 0.1) is 0 Å². The van der Waals surface area contributed by atoms with Gasteiger partial charge in [-0.3, -0.25) is 4.99 Å². The molecule has 0 fully saturated rings. The molecule has 0 radical (unpaired) electrons. The number of rotatable bonds is 4. The lowest BCUT2D eigenvalue weighted by atomic mass is 10.0. The van der Waals surface area contributed by atoms with Crippen LogP contribution in [0.25, 0.3) is 0 Å². The van der Waals surface area contributed by atoms with E-state index in [2.05, 4.69) is 46.5 Å². The number of nitrogens with zero attached hydrogens (tertiary/aromatic N) is 1. The van der Waals surface area contributed by atoms with E-state index in [9.17, 15) is 0 Å². The van der Waals surface area contributed by atoms with Crippen molar-refractivity contribution in [3.05, 3.63) is 0 Å². The fourth-order valence-corrected chi connectivity index (χ4v) is 0.939. The third-order valence-electron chi connectivity index (χ3n) is 2.71. The van der Waals surface area contributed by atoms with Crippen molar-refractivity contribution < 1.29 is 0 Å². The van der Waals surface area contributed by atoms with Gasteiger partial charge in [-0.15, -0.1) is 0 Å². The maximum Gasteiger partial charge on any atom is 0.0496 e. The molecule has 2 unspecified atom stereocenters. The molecule has 1 nitrogen and oxygen atoms in total. The summed E-state index contributed by atoms with van der Waals surface area (Å²) < 4.78 is 0. The lowest BCUT2D eigenvalue weighted by Crippen LogP contribution is -2.14. The van der Waals surface area contributed by atoms with Crippen LogP contribution in [0.15, 0.2) is 4.99 Å². The topological polar surface area (TPSA) is 12.4 Å². The molecular formula is C11H23N. The van der Waals surface area contributed by atoms with Crippen LogP contribution in [0.2, 0.25) is 0 Å². The van der Waals surface area contributed by atoms with E-state index in [-0.39, 0.29) is 0 Å². The van der Waals surface area contributed by atoms with Crippen molar-refractivity contribution in [3.8, 4) is 0 Å². The lowest BCUT2D eigenvalue weighted by molar-refractivity contribution is 0.470. The summed E-state index contributed by atoms with van der Waals surface area (Å²) in [6.07, 6.45) is 1.22. The van der Waals surface area contributed by atoms with E-state index in [1.165, 1.54) is 12.1 Å². The molecule has 0 aliphatic heterocycles. The van der Waals surface area contributed by atoms with Gasteiger partial charge in [0.25, 0.3) is 0 Å². The SMILES string of the molecule is CCC(C)C(C)/N=C(/C)C(C)C. The van der Waals surface area contributed by atoms with Gasteiger partial charge in [-0.1, -0.05) is 34.1 Å². The maximum absolute atomic E-state index is 4.66. The van der Waals surface area contributed by atoms with Crippen LogP contribution in [0.4, 0.5) is 0 Å². The quantitative estimate of drug-likeness (QED) is 0.571. The molecule has 0 aromatic carbocycles. The van der Waals surface area contributed by atoms with Gasteiger partial charge in [-0.25, -0.2) is 0 Å². The van der Waals surface area contributed by atoms with Crippen LogP contribution >= 0.6 is 0 Å². The van der Waals surface area contributed by atoms with Crippen LogP contribution in [0.5, 0.6) is 0 Å². The van der Waals surface area contributed by atoms with Gasteiger partial charge >= 0.3 is 0 Å². The molecule has 0 aromatic heterocycles. The van der Waals surface area contributed by atoms with E-state index >= 15 is 0 Å². The Hall–Kier alpha value is -0.330. The van der Waals surface area contributed by atoms with Gasteiger partial charge in [0.1, 0.15) is 0 Å². The largest absolute Gasteiger partial charge is 0.291 e. The Labute approximate surface area is 77.3 Å². The van der Waals surface area contributed by atoms with Crippen molar-refractivity contribution in [1.82, 2.24) is 0 Å². The highest BCUT2D eigenvalue weighted by Gasteiger charge is 2.09. The van der Waals surface area contributed by atoms with Gasteiger partial charge < -0.3 is 0 Å². The zero-order valence-electron chi connectivity index (χ0n) is 9.39. The van der Waals surface area contributed by atoms with Crippen LogP contribution in [-0.2, 0) is 0 Å². The molecule has 72 valence electrons. The highest BCUT2D eigenvalue weighted by molar-refractivity contribution is 5.83. The average molecular weight is 169 g/mol. The molecule has 0 saturated heterocycles. The second kappa shape index (κ2) is 5.34. The molecule has 2 atom stereocenters. The molecule has 0 heterocycles. The second-order valence-electron chi connectivity index (χ2n) is 4.05. The monoisotopic (exact) mass is 169 g/mol. The predicted octanol–water partition coefficient (Wildman–Crippen LogP) is 3.54. The Bertz CT molecular complexity index is 147. The van der Waals surface area contributed by atoms with Gasteiger partial charge in [-0.05, 0) is 25.7 Å². The van der Waals surface area contributed by atoms with E-state index in [0.717, 1.165) is 0 Å². The van der Waals surface area contributed by atoms with Crippen molar-refractivity contribution in [2.75, 3.05) is 0 Å². The smallest absolute Gasteiger partial charge is 0.0496 e. The van der Waals surface area contributed by atoms with E-state index < -0.39 is 0 Å². The third kappa shape index (κ3) is 3.89. The first-order valence-electron chi connectivity index (χ1n) is 5.03. The zero-order valence-corrected chi connectivity index (χ0v) is 9.39. The summed E-state index contributed by atoms with van der Waals surface area (Å²) in [5.41, 5.74) is 1.28. The minimum Gasteiger partial charge on any atom is -0.291 e. The van der Waals surface area contributed by atoms with Gasteiger partial charge in [-0.2, -0.15) is 0 Å². The zero-order chi connectivity index (χ0) is 9.72. The standard InChI is InChI=1S/C11H23N/c1-7-9(4)11(6)12-10(5)8(2)3/h8-9,11H,7H2,1-6H3/b12-10-. The van der Waals surface area contributed by atoms with E-state index in [1.807, 2.05) is 0 Å². The Morgan fingerprint density at radius 3 is 2.00 bits per heavy atom. The van der Waals surface area contributed by atoms with Crippen LogP contribution in [-0.4, -0.2) is 11.8 Å². The maximum atomic E-state index is 4.66. The molecule has 0 spiro atoms. The number of aliphatic imine (C=N–C) groups is 1. The van der Waals surface area contributed by atoms with E-state index in [0.29, 0.717) is 17.9 Å². The summed E-state index contributed by atoms with van der Waals surface area (Å²) in [5, 5.41) is 0. The summed E-state index contributed by atoms with van der Waals surface area (Å²) in [6.45, 7) is 13.2. The summed E-state index contributed by atoms with van der Waals surface area (Å²) in [5.74, 6) is 1.30. The minimum absolute atomic E-state index is 0.484. The van der Waals surface area contributed by atoms with Crippen LogP contribution in [0.1, 0.15) is 48.0 Å². The van der Waals surface area contributed by atoms with Crippen LogP contribution in [0, 0.1) is 11.8 Å². The molecule has 0 saturated carbocycles. The van der Waals surface area contributed by atoms with Crippen molar-refractivity contribution in [1.29, 1.82) is 0 Å². The summed E-state index contributed by atoms with van der Waals surface area (Å²) in [4.78, 5) is 4.66. The normalized spacial score (nSPS) is 18.1.